The molecule has 0 aromatic rings. The molecule has 1 atom stereocenters. The van der Waals surface area contributed by atoms with E-state index in [-0.39, 0.29) is 12.5 Å². The van der Waals surface area contributed by atoms with Gasteiger partial charge in [-0.3, -0.25) is 9.79 Å². The zero-order valence-corrected chi connectivity index (χ0v) is 8.62. The van der Waals surface area contributed by atoms with E-state index in [1.54, 1.807) is 0 Å². The van der Waals surface area contributed by atoms with Crippen molar-refractivity contribution in [2.45, 2.75) is 45.1 Å². The molecule has 1 unspecified atom stereocenters. The van der Waals surface area contributed by atoms with E-state index in [0.29, 0.717) is 0 Å². The third kappa shape index (κ3) is 4.25. The van der Waals surface area contributed by atoms with E-state index in [4.69, 9.17) is 5.11 Å². The third-order valence-electron chi connectivity index (χ3n) is 2.27. The van der Waals surface area contributed by atoms with Crippen LogP contribution in [0.25, 0.3) is 0 Å². The SMILES string of the molecule is CC(CC(=O)O)NC1=NCCCCC1. The molecule has 2 N–H and O–H groups in total. The molecule has 4 nitrogen and oxygen atoms in total. The first-order chi connectivity index (χ1) is 6.68. The topological polar surface area (TPSA) is 61.7 Å². The van der Waals surface area contributed by atoms with Crippen molar-refractivity contribution in [2.24, 2.45) is 4.99 Å². The van der Waals surface area contributed by atoms with Gasteiger partial charge in [0.2, 0.25) is 0 Å². The first kappa shape index (κ1) is 11.0. The lowest BCUT2D eigenvalue weighted by Crippen LogP contribution is -2.34. The zero-order chi connectivity index (χ0) is 10.4. The minimum Gasteiger partial charge on any atom is -0.481 e. The summed E-state index contributed by atoms with van der Waals surface area (Å²) in [7, 11) is 0. The Bertz CT molecular complexity index is 226. The van der Waals surface area contributed by atoms with Crippen molar-refractivity contribution in [1.82, 2.24) is 5.32 Å². The molecule has 0 bridgehead atoms. The Morgan fingerprint density at radius 2 is 2.36 bits per heavy atom. The first-order valence-corrected chi connectivity index (χ1v) is 5.20. The highest BCUT2D eigenvalue weighted by Crippen LogP contribution is 2.06. The van der Waals surface area contributed by atoms with Crippen molar-refractivity contribution in [2.75, 3.05) is 6.54 Å². The van der Waals surface area contributed by atoms with Gasteiger partial charge in [0.1, 0.15) is 0 Å². The number of carboxylic acid groups (broad SMARTS) is 1. The van der Waals surface area contributed by atoms with Gasteiger partial charge in [-0.05, 0) is 19.8 Å². The van der Waals surface area contributed by atoms with Gasteiger partial charge in [0.05, 0.1) is 12.3 Å². The lowest BCUT2D eigenvalue weighted by Gasteiger charge is -2.14. The minimum atomic E-state index is -0.765. The van der Waals surface area contributed by atoms with Gasteiger partial charge < -0.3 is 10.4 Å². The molecule has 80 valence electrons. The van der Waals surface area contributed by atoms with Gasteiger partial charge in [-0.1, -0.05) is 6.42 Å². The Balaban J connectivity index is 2.33. The van der Waals surface area contributed by atoms with Crippen LogP contribution < -0.4 is 5.32 Å². The maximum Gasteiger partial charge on any atom is 0.305 e. The molecule has 0 aromatic carbocycles. The molecule has 0 aromatic heterocycles. The second-order valence-corrected chi connectivity index (χ2v) is 3.78. The number of nitrogens with zero attached hydrogens (tertiary/aromatic N) is 1. The van der Waals surface area contributed by atoms with E-state index >= 15 is 0 Å². The molecule has 0 saturated heterocycles. The van der Waals surface area contributed by atoms with Crippen molar-refractivity contribution >= 4 is 11.8 Å². The Kier molecular flexibility index (Phi) is 4.43. The monoisotopic (exact) mass is 198 g/mol. The summed E-state index contributed by atoms with van der Waals surface area (Å²) in [6, 6.07) is -0.0237. The molecule has 0 fully saturated rings. The summed E-state index contributed by atoms with van der Waals surface area (Å²) in [5, 5.41) is 11.7. The van der Waals surface area contributed by atoms with Gasteiger partial charge in [-0.2, -0.15) is 0 Å². The number of aliphatic imine (C=N–C) groups is 1. The summed E-state index contributed by atoms with van der Waals surface area (Å²) in [6.07, 6.45) is 4.65. The lowest BCUT2D eigenvalue weighted by molar-refractivity contribution is -0.137. The van der Waals surface area contributed by atoms with Gasteiger partial charge in [-0.25, -0.2) is 0 Å². The van der Waals surface area contributed by atoms with Crippen LogP contribution >= 0.6 is 0 Å². The molecular weight excluding hydrogens is 180 g/mol. The van der Waals surface area contributed by atoms with Crippen LogP contribution in [0.1, 0.15) is 39.0 Å². The zero-order valence-electron chi connectivity index (χ0n) is 8.62. The second-order valence-electron chi connectivity index (χ2n) is 3.78. The molecule has 0 saturated carbocycles. The number of carboxylic acids is 1. The van der Waals surface area contributed by atoms with Crippen LogP contribution in [-0.2, 0) is 4.79 Å². The molecule has 0 aliphatic carbocycles. The third-order valence-corrected chi connectivity index (χ3v) is 2.27. The average molecular weight is 198 g/mol. The van der Waals surface area contributed by atoms with Gasteiger partial charge in [-0.15, -0.1) is 0 Å². The normalized spacial score (nSPS) is 19.4. The summed E-state index contributed by atoms with van der Waals surface area (Å²) in [6.45, 7) is 2.75. The predicted octanol–water partition coefficient (Wildman–Crippen LogP) is 1.41. The minimum absolute atomic E-state index is 0.0237. The summed E-state index contributed by atoms with van der Waals surface area (Å²) in [4.78, 5) is 14.8. The number of aliphatic carboxylic acids is 1. The molecule has 1 aliphatic rings. The van der Waals surface area contributed by atoms with Crippen LogP contribution in [0, 0.1) is 0 Å². The summed E-state index contributed by atoms with van der Waals surface area (Å²) in [5.74, 6) is 0.218. The van der Waals surface area contributed by atoms with Crippen LogP contribution in [0.5, 0.6) is 0 Å². The quantitative estimate of drug-likeness (QED) is 0.720. The lowest BCUT2D eigenvalue weighted by atomic mass is 10.2. The van der Waals surface area contributed by atoms with Crippen molar-refractivity contribution < 1.29 is 9.90 Å². The van der Waals surface area contributed by atoms with Gasteiger partial charge in [0.25, 0.3) is 0 Å². The van der Waals surface area contributed by atoms with Gasteiger partial charge >= 0.3 is 5.97 Å². The smallest absolute Gasteiger partial charge is 0.305 e. The predicted molar refractivity (Wildman–Crippen MR) is 55.6 cm³/mol. The van der Waals surface area contributed by atoms with Crippen LogP contribution in [0.4, 0.5) is 0 Å². The van der Waals surface area contributed by atoms with E-state index in [1.165, 1.54) is 6.42 Å². The molecule has 1 aliphatic heterocycles. The fourth-order valence-corrected chi connectivity index (χ4v) is 1.59. The molecule has 0 amide bonds. The second kappa shape index (κ2) is 5.62. The van der Waals surface area contributed by atoms with E-state index in [0.717, 1.165) is 31.6 Å². The summed E-state index contributed by atoms with van der Waals surface area (Å²) >= 11 is 0. The van der Waals surface area contributed by atoms with Gasteiger partial charge in [0.15, 0.2) is 0 Å². The van der Waals surface area contributed by atoms with Crippen LogP contribution in [0.15, 0.2) is 4.99 Å². The van der Waals surface area contributed by atoms with Crippen molar-refractivity contribution in [1.29, 1.82) is 0 Å². The number of carbonyl (C=O) groups is 1. The largest absolute Gasteiger partial charge is 0.481 e. The number of hydrogen-bond donors (Lipinski definition) is 2. The Morgan fingerprint density at radius 3 is 3.07 bits per heavy atom. The fourth-order valence-electron chi connectivity index (χ4n) is 1.59. The molecule has 14 heavy (non-hydrogen) atoms. The van der Waals surface area contributed by atoms with Crippen LogP contribution in [-0.4, -0.2) is 29.5 Å². The Hall–Kier alpha value is -1.06. The highest BCUT2D eigenvalue weighted by molar-refractivity contribution is 5.83. The van der Waals surface area contributed by atoms with Crippen LogP contribution in [0.3, 0.4) is 0 Å². The molecule has 0 spiro atoms. The maximum atomic E-state index is 10.4. The molecule has 4 heteroatoms. The first-order valence-electron chi connectivity index (χ1n) is 5.20. The van der Waals surface area contributed by atoms with E-state index < -0.39 is 5.97 Å². The van der Waals surface area contributed by atoms with E-state index in [1.807, 2.05) is 6.92 Å². The fraction of sp³-hybridized carbons (Fsp3) is 0.800. The highest BCUT2D eigenvalue weighted by Gasteiger charge is 2.10. The molecule has 0 radical (unpaired) electrons. The van der Waals surface area contributed by atoms with Gasteiger partial charge in [0, 0.05) is 19.0 Å². The Labute approximate surface area is 84.4 Å². The van der Waals surface area contributed by atoms with E-state index in [2.05, 4.69) is 10.3 Å². The van der Waals surface area contributed by atoms with Crippen molar-refractivity contribution in [3.05, 3.63) is 0 Å². The highest BCUT2D eigenvalue weighted by atomic mass is 16.4. The number of amidine groups is 1. The summed E-state index contributed by atoms with van der Waals surface area (Å²) in [5.41, 5.74) is 0. The number of nitrogens with one attached hydrogen (secondary N) is 1. The number of rotatable bonds is 3. The van der Waals surface area contributed by atoms with Crippen LogP contribution in [0.2, 0.25) is 0 Å². The molecular formula is C10H18N2O2. The standard InChI is InChI=1S/C10H18N2O2/c1-8(7-10(13)14)12-9-5-3-2-4-6-11-9/h8H,2-7H2,1H3,(H,11,12)(H,13,14). The molecule has 1 heterocycles. The summed E-state index contributed by atoms with van der Waals surface area (Å²) < 4.78 is 0. The average Bonchev–Trinajstić information content (AvgIpc) is 2.31. The Morgan fingerprint density at radius 1 is 1.57 bits per heavy atom. The maximum absolute atomic E-state index is 10.4. The molecule has 1 rings (SSSR count). The van der Waals surface area contributed by atoms with Crippen molar-refractivity contribution in [3.8, 4) is 0 Å². The number of hydrogen-bond acceptors (Lipinski definition) is 3. The van der Waals surface area contributed by atoms with E-state index in [9.17, 15) is 4.79 Å². The van der Waals surface area contributed by atoms with Crippen molar-refractivity contribution in [3.63, 3.8) is 0 Å².